The number of carbonyl (C=O) groups excluding carboxylic acids is 1. The molecule has 3 heterocycles. The van der Waals surface area contributed by atoms with Gasteiger partial charge in [-0.3, -0.25) is 4.79 Å². The van der Waals surface area contributed by atoms with E-state index in [0.717, 1.165) is 47.2 Å². The standard InChI is InChI=1S/C26H29N5O2/c1-2-6-23(32)30-14-13-19(15-30)31-16-22(24-25(27)28-17-29-26(24)31)18-9-11-21(12-10-18)33-20-7-4-3-5-8-20/h9-12,16-17,19-20H,3-5,7-8,13-15H2,1H3,(H2,27,28,29)/t19-/m1/s1. The second-order valence-corrected chi connectivity index (χ2v) is 8.88. The lowest BCUT2D eigenvalue weighted by atomic mass is 9.98. The summed E-state index contributed by atoms with van der Waals surface area (Å²) >= 11 is 0. The smallest absolute Gasteiger partial charge is 0.298 e. The normalized spacial score (nSPS) is 18.8. The summed E-state index contributed by atoms with van der Waals surface area (Å²) in [5.41, 5.74) is 9.13. The number of ether oxygens (including phenoxy) is 1. The summed E-state index contributed by atoms with van der Waals surface area (Å²) in [6.07, 6.45) is 10.8. The molecule has 33 heavy (non-hydrogen) atoms. The van der Waals surface area contributed by atoms with E-state index >= 15 is 0 Å². The van der Waals surface area contributed by atoms with Crippen LogP contribution >= 0.6 is 0 Å². The molecule has 1 aliphatic carbocycles. The molecule has 2 N–H and O–H groups in total. The van der Waals surface area contributed by atoms with Crippen molar-refractivity contribution < 1.29 is 9.53 Å². The van der Waals surface area contributed by atoms with Crippen LogP contribution in [-0.4, -0.2) is 44.5 Å². The van der Waals surface area contributed by atoms with Crippen LogP contribution in [0.5, 0.6) is 5.75 Å². The fourth-order valence-corrected chi connectivity index (χ4v) is 5.03. The maximum atomic E-state index is 12.2. The van der Waals surface area contributed by atoms with Gasteiger partial charge in [0.1, 0.15) is 23.5 Å². The zero-order chi connectivity index (χ0) is 22.8. The van der Waals surface area contributed by atoms with E-state index in [9.17, 15) is 4.79 Å². The molecular weight excluding hydrogens is 414 g/mol. The molecule has 0 spiro atoms. The minimum Gasteiger partial charge on any atom is -0.490 e. The molecule has 1 saturated heterocycles. The highest BCUT2D eigenvalue weighted by molar-refractivity contribution is 6.00. The fourth-order valence-electron chi connectivity index (χ4n) is 5.03. The largest absolute Gasteiger partial charge is 0.490 e. The Bertz CT molecular complexity index is 1220. The lowest BCUT2D eigenvalue weighted by Gasteiger charge is -2.23. The van der Waals surface area contributed by atoms with Crippen molar-refractivity contribution in [2.24, 2.45) is 0 Å². The Kier molecular flexibility index (Phi) is 5.91. The van der Waals surface area contributed by atoms with Crippen molar-refractivity contribution in [2.75, 3.05) is 18.8 Å². The predicted molar refractivity (Wildman–Crippen MR) is 129 cm³/mol. The Balaban J connectivity index is 1.44. The molecule has 7 heteroatoms. The number of nitrogen functional groups attached to an aromatic ring is 1. The summed E-state index contributed by atoms with van der Waals surface area (Å²) in [5.74, 6) is 6.57. The monoisotopic (exact) mass is 443 g/mol. The maximum Gasteiger partial charge on any atom is 0.298 e. The summed E-state index contributed by atoms with van der Waals surface area (Å²) in [4.78, 5) is 22.8. The van der Waals surface area contributed by atoms with Gasteiger partial charge in [0.05, 0.1) is 17.5 Å². The number of rotatable bonds is 4. The third kappa shape index (κ3) is 4.25. The van der Waals surface area contributed by atoms with Crippen molar-refractivity contribution in [1.29, 1.82) is 0 Å². The SMILES string of the molecule is CC#CC(=O)N1CC[C@@H](n2cc(-c3ccc(OC4CCCCC4)cc3)c3c(N)ncnc32)C1. The number of anilines is 1. The highest BCUT2D eigenvalue weighted by Crippen LogP contribution is 2.37. The number of benzene rings is 1. The third-order valence-corrected chi connectivity index (χ3v) is 6.73. The van der Waals surface area contributed by atoms with Crippen molar-refractivity contribution >= 4 is 22.8 Å². The van der Waals surface area contributed by atoms with Gasteiger partial charge in [-0.2, -0.15) is 0 Å². The molecule has 7 nitrogen and oxygen atoms in total. The van der Waals surface area contributed by atoms with Crippen molar-refractivity contribution in [3.05, 3.63) is 36.8 Å². The first-order chi connectivity index (χ1) is 16.1. The van der Waals surface area contributed by atoms with Gasteiger partial charge < -0.3 is 19.9 Å². The maximum absolute atomic E-state index is 12.2. The van der Waals surface area contributed by atoms with Crippen LogP contribution in [0.1, 0.15) is 51.5 Å². The van der Waals surface area contributed by atoms with Crippen molar-refractivity contribution in [3.63, 3.8) is 0 Å². The predicted octanol–water partition coefficient (Wildman–Crippen LogP) is 4.19. The number of amides is 1. The molecule has 1 aliphatic heterocycles. The summed E-state index contributed by atoms with van der Waals surface area (Å²) in [6.45, 7) is 2.97. The summed E-state index contributed by atoms with van der Waals surface area (Å²) < 4.78 is 8.34. The van der Waals surface area contributed by atoms with E-state index in [-0.39, 0.29) is 11.9 Å². The zero-order valence-electron chi connectivity index (χ0n) is 19.0. The summed E-state index contributed by atoms with van der Waals surface area (Å²) in [7, 11) is 0. The Morgan fingerprint density at radius 3 is 2.67 bits per heavy atom. The lowest BCUT2D eigenvalue weighted by Crippen LogP contribution is -2.27. The zero-order valence-corrected chi connectivity index (χ0v) is 19.0. The lowest BCUT2D eigenvalue weighted by molar-refractivity contribution is -0.124. The molecule has 3 aromatic rings. The first kappa shape index (κ1) is 21.3. The minimum absolute atomic E-state index is 0.118. The summed E-state index contributed by atoms with van der Waals surface area (Å²) in [5, 5.41) is 0.844. The van der Waals surface area contributed by atoms with Gasteiger partial charge in [-0.15, -0.1) is 0 Å². The number of fused-ring (bicyclic) bond motifs is 1. The molecule has 5 rings (SSSR count). The van der Waals surface area contributed by atoms with Gasteiger partial charge >= 0.3 is 0 Å². The van der Waals surface area contributed by atoms with Crippen LogP contribution in [0.25, 0.3) is 22.2 Å². The minimum atomic E-state index is -0.126. The van der Waals surface area contributed by atoms with Gasteiger partial charge in [-0.25, -0.2) is 9.97 Å². The number of aromatic nitrogens is 3. The van der Waals surface area contributed by atoms with Crippen LogP contribution in [0, 0.1) is 11.8 Å². The molecule has 0 bridgehead atoms. The van der Waals surface area contributed by atoms with E-state index in [1.165, 1.54) is 25.6 Å². The van der Waals surface area contributed by atoms with Crippen LogP contribution in [0.3, 0.4) is 0 Å². The number of hydrogen-bond acceptors (Lipinski definition) is 5. The van der Waals surface area contributed by atoms with Crippen molar-refractivity contribution in [1.82, 2.24) is 19.4 Å². The first-order valence-electron chi connectivity index (χ1n) is 11.7. The van der Waals surface area contributed by atoms with Crippen molar-refractivity contribution in [2.45, 2.75) is 57.6 Å². The molecule has 1 atom stereocenters. The van der Waals surface area contributed by atoms with Gasteiger partial charge in [-0.1, -0.05) is 24.5 Å². The van der Waals surface area contributed by atoms with Crippen LogP contribution in [0.2, 0.25) is 0 Å². The van der Waals surface area contributed by atoms with E-state index < -0.39 is 0 Å². The Hall–Kier alpha value is -3.53. The quantitative estimate of drug-likeness (QED) is 0.611. The average Bonchev–Trinajstić information content (AvgIpc) is 3.47. The fraction of sp³-hybridized carbons (Fsp3) is 0.423. The molecule has 2 fully saturated rings. The van der Waals surface area contributed by atoms with Gasteiger partial charge in [-0.05, 0) is 62.6 Å². The second kappa shape index (κ2) is 9.14. The number of nitrogens with zero attached hydrogens (tertiary/aromatic N) is 4. The highest BCUT2D eigenvalue weighted by atomic mass is 16.5. The molecule has 2 aliphatic rings. The number of likely N-dealkylation sites (tertiary alicyclic amines) is 1. The Morgan fingerprint density at radius 2 is 1.91 bits per heavy atom. The van der Waals surface area contributed by atoms with Crippen molar-refractivity contribution in [3.8, 4) is 28.7 Å². The first-order valence-corrected chi connectivity index (χ1v) is 11.7. The molecular formula is C26H29N5O2. The van der Waals surface area contributed by atoms with Crippen LogP contribution in [0.15, 0.2) is 36.8 Å². The molecule has 170 valence electrons. The number of hydrogen-bond donors (Lipinski definition) is 1. The Labute approximate surface area is 194 Å². The number of nitrogens with two attached hydrogens (primary N) is 1. The van der Waals surface area contributed by atoms with E-state index in [1.807, 2.05) is 12.1 Å². The van der Waals surface area contributed by atoms with Crippen LogP contribution in [0.4, 0.5) is 5.82 Å². The summed E-state index contributed by atoms with van der Waals surface area (Å²) in [6, 6.07) is 8.33. The molecule has 0 unspecified atom stereocenters. The number of carbonyl (C=O) groups is 1. The molecule has 0 radical (unpaired) electrons. The molecule has 1 amide bonds. The van der Waals surface area contributed by atoms with E-state index in [0.29, 0.717) is 25.0 Å². The average molecular weight is 444 g/mol. The molecule has 2 aromatic heterocycles. The topological polar surface area (TPSA) is 86.3 Å². The second-order valence-electron chi connectivity index (χ2n) is 8.88. The molecule has 1 aromatic carbocycles. The van der Waals surface area contributed by atoms with E-state index in [2.05, 4.69) is 44.7 Å². The van der Waals surface area contributed by atoms with Crippen LogP contribution in [-0.2, 0) is 4.79 Å². The third-order valence-electron chi connectivity index (χ3n) is 6.73. The molecule has 1 saturated carbocycles. The van der Waals surface area contributed by atoms with Gasteiger partial charge in [0, 0.05) is 24.8 Å². The highest BCUT2D eigenvalue weighted by Gasteiger charge is 2.29. The van der Waals surface area contributed by atoms with Gasteiger partial charge in [0.2, 0.25) is 0 Å². The van der Waals surface area contributed by atoms with Crippen LogP contribution < -0.4 is 10.5 Å². The Morgan fingerprint density at radius 1 is 1.12 bits per heavy atom. The van der Waals surface area contributed by atoms with Gasteiger partial charge in [0.25, 0.3) is 5.91 Å². The van der Waals surface area contributed by atoms with E-state index in [4.69, 9.17) is 10.5 Å². The van der Waals surface area contributed by atoms with Gasteiger partial charge in [0.15, 0.2) is 0 Å². The van der Waals surface area contributed by atoms with E-state index in [1.54, 1.807) is 11.8 Å².